The summed E-state index contributed by atoms with van der Waals surface area (Å²) in [5.41, 5.74) is 4.93. The van der Waals surface area contributed by atoms with Crippen LogP contribution in [0.3, 0.4) is 0 Å². The predicted octanol–water partition coefficient (Wildman–Crippen LogP) is 5.37. The van der Waals surface area contributed by atoms with E-state index in [2.05, 4.69) is 0 Å². The van der Waals surface area contributed by atoms with Crippen LogP contribution in [-0.4, -0.2) is 23.3 Å². The molecule has 5 heteroatoms. The van der Waals surface area contributed by atoms with Crippen LogP contribution in [0.25, 0.3) is 5.52 Å². The number of rotatable bonds is 6. The van der Waals surface area contributed by atoms with Gasteiger partial charge in [0.25, 0.3) is 0 Å². The first-order valence-corrected chi connectivity index (χ1v) is 9.78. The second-order valence-corrected chi connectivity index (χ2v) is 7.51. The van der Waals surface area contributed by atoms with E-state index in [1.54, 1.807) is 12.3 Å². The van der Waals surface area contributed by atoms with Gasteiger partial charge in [-0.05, 0) is 35.7 Å². The Bertz CT molecular complexity index is 1050. The van der Waals surface area contributed by atoms with Crippen molar-refractivity contribution in [3.05, 3.63) is 75.6 Å². The summed E-state index contributed by atoms with van der Waals surface area (Å²) >= 11 is 6.39. The Kier molecular flexibility index (Phi) is 5.90. The number of methoxy groups -OCH3 is 1. The quantitative estimate of drug-likeness (QED) is 0.415. The standard InChI is InChI=1S/C23H24ClNO3/c1-5-17-20(12-15-8-6-7-9-18(15)24)25-13-16(23(27)28-4)10-11-19(25)21(17)22(26)14(2)3/h6-11,13-14H,5,12H2,1-4H3. The molecular weight excluding hydrogens is 374 g/mol. The zero-order chi connectivity index (χ0) is 20.4. The minimum absolute atomic E-state index is 0.102. The summed E-state index contributed by atoms with van der Waals surface area (Å²) in [6, 6.07) is 11.2. The molecule has 0 saturated carbocycles. The van der Waals surface area contributed by atoms with Crippen LogP contribution in [0, 0.1) is 5.92 Å². The maximum Gasteiger partial charge on any atom is 0.339 e. The molecule has 0 aliphatic rings. The molecule has 0 atom stereocenters. The zero-order valence-electron chi connectivity index (χ0n) is 16.6. The van der Waals surface area contributed by atoms with Crippen molar-refractivity contribution in [2.45, 2.75) is 33.6 Å². The zero-order valence-corrected chi connectivity index (χ0v) is 17.3. The van der Waals surface area contributed by atoms with E-state index in [1.165, 1.54) is 7.11 Å². The Hall–Kier alpha value is -2.59. The van der Waals surface area contributed by atoms with Gasteiger partial charge < -0.3 is 9.14 Å². The fourth-order valence-corrected chi connectivity index (χ4v) is 3.77. The maximum absolute atomic E-state index is 13.0. The Balaban J connectivity index is 2.30. The number of carbonyl (C=O) groups is 2. The van der Waals surface area contributed by atoms with Gasteiger partial charge in [0, 0.05) is 34.8 Å². The van der Waals surface area contributed by atoms with Crippen LogP contribution in [0.1, 0.15) is 58.3 Å². The van der Waals surface area contributed by atoms with Crippen LogP contribution in [0.5, 0.6) is 0 Å². The molecule has 146 valence electrons. The highest BCUT2D eigenvalue weighted by molar-refractivity contribution is 6.31. The Morgan fingerprint density at radius 3 is 2.46 bits per heavy atom. The van der Waals surface area contributed by atoms with Gasteiger partial charge in [-0.15, -0.1) is 0 Å². The lowest BCUT2D eigenvalue weighted by atomic mass is 9.95. The molecule has 0 aliphatic carbocycles. The number of Topliss-reactive ketones (excluding diaryl/α,β-unsaturated/α-hetero) is 1. The topological polar surface area (TPSA) is 47.8 Å². The lowest BCUT2D eigenvalue weighted by Gasteiger charge is -2.09. The number of esters is 1. The Labute approximate surface area is 170 Å². The van der Waals surface area contributed by atoms with E-state index in [1.807, 2.05) is 55.5 Å². The van der Waals surface area contributed by atoms with Crippen LogP contribution in [0.4, 0.5) is 0 Å². The summed E-state index contributed by atoms with van der Waals surface area (Å²) in [4.78, 5) is 25.1. The minimum Gasteiger partial charge on any atom is -0.465 e. The number of hydrogen-bond acceptors (Lipinski definition) is 3. The van der Waals surface area contributed by atoms with Gasteiger partial charge in [-0.3, -0.25) is 4.79 Å². The molecule has 0 bridgehead atoms. The number of hydrogen-bond donors (Lipinski definition) is 0. The molecule has 4 nitrogen and oxygen atoms in total. The smallest absolute Gasteiger partial charge is 0.339 e. The predicted molar refractivity (Wildman–Crippen MR) is 112 cm³/mol. The van der Waals surface area contributed by atoms with Gasteiger partial charge in [0.15, 0.2) is 5.78 Å². The van der Waals surface area contributed by atoms with E-state index in [9.17, 15) is 9.59 Å². The average molecular weight is 398 g/mol. The fraction of sp³-hybridized carbons (Fsp3) is 0.304. The minimum atomic E-state index is -0.408. The number of ether oxygens (including phenoxy) is 1. The normalized spacial score (nSPS) is 11.2. The second kappa shape index (κ2) is 8.19. The number of ketones is 1. The van der Waals surface area contributed by atoms with Crippen molar-refractivity contribution in [2.24, 2.45) is 5.92 Å². The van der Waals surface area contributed by atoms with E-state index in [0.717, 1.165) is 27.9 Å². The second-order valence-electron chi connectivity index (χ2n) is 7.11. The maximum atomic E-state index is 13.0. The summed E-state index contributed by atoms with van der Waals surface area (Å²) in [5, 5.41) is 0.681. The van der Waals surface area contributed by atoms with Gasteiger partial charge >= 0.3 is 5.97 Å². The van der Waals surface area contributed by atoms with Crippen molar-refractivity contribution in [3.8, 4) is 0 Å². The monoisotopic (exact) mass is 397 g/mol. The molecule has 0 aliphatic heterocycles. The van der Waals surface area contributed by atoms with E-state index in [0.29, 0.717) is 23.4 Å². The highest BCUT2D eigenvalue weighted by Gasteiger charge is 2.25. The van der Waals surface area contributed by atoms with Crippen LogP contribution in [0.2, 0.25) is 5.02 Å². The van der Waals surface area contributed by atoms with Crippen molar-refractivity contribution in [3.63, 3.8) is 0 Å². The van der Waals surface area contributed by atoms with Crippen LogP contribution >= 0.6 is 11.6 Å². The van der Waals surface area contributed by atoms with E-state index in [4.69, 9.17) is 16.3 Å². The van der Waals surface area contributed by atoms with Crippen molar-refractivity contribution in [1.82, 2.24) is 4.40 Å². The molecule has 2 heterocycles. The highest BCUT2D eigenvalue weighted by Crippen LogP contribution is 2.31. The number of benzene rings is 1. The molecule has 0 N–H and O–H groups in total. The highest BCUT2D eigenvalue weighted by atomic mass is 35.5. The molecule has 0 unspecified atom stereocenters. The van der Waals surface area contributed by atoms with Crippen molar-refractivity contribution >= 4 is 28.9 Å². The van der Waals surface area contributed by atoms with Crippen molar-refractivity contribution in [1.29, 1.82) is 0 Å². The lowest BCUT2D eigenvalue weighted by molar-refractivity contribution is 0.0600. The van der Waals surface area contributed by atoms with Gasteiger partial charge in [-0.1, -0.05) is 50.6 Å². The number of aromatic nitrogens is 1. The SMILES string of the molecule is CCc1c(C(=O)C(C)C)c2ccc(C(=O)OC)cn2c1Cc1ccccc1Cl. The number of halogens is 1. The molecule has 2 aromatic heterocycles. The van der Waals surface area contributed by atoms with Gasteiger partial charge in [0.2, 0.25) is 0 Å². The third-order valence-electron chi connectivity index (χ3n) is 5.01. The summed E-state index contributed by atoms with van der Waals surface area (Å²) in [5.74, 6) is -0.426. The van der Waals surface area contributed by atoms with Gasteiger partial charge in [0.1, 0.15) is 0 Å². The third-order valence-corrected chi connectivity index (χ3v) is 5.38. The number of nitrogens with zero attached hydrogens (tertiary/aromatic N) is 1. The number of fused-ring (bicyclic) bond motifs is 1. The molecule has 0 saturated heterocycles. The van der Waals surface area contributed by atoms with Crippen molar-refractivity contribution < 1.29 is 14.3 Å². The molecule has 1 aromatic carbocycles. The molecule has 0 radical (unpaired) electrons. The first-order chi connectivity index (χ1) is 13.4. The Morgan fingerprint density at radius 1 is 1.14 bits per heavy atom. The molecule has 3 aromatic rings. The number of pyridine rings is 1. The molecule has 0 fully saturated rings. The molecule has 3 rings (SSSR count). The summed E-state index contributed by atoms with van der Waals surface area (Å²) in [7, 11) is 1.36. The van der Waals surface area contributed by atoms with Crippen LogP contribution in [0.15, 0.2) is 42.6 Å². The molecule has 28 heavy (non-hydrogen) atoms. The van der Waals surface area contributed by atoms with E-state index < -0.39 is 5.97 Å². The van der Waals surface area contributed by atoms with Gasteiger partial charge in [0.05, 0.1) is 18.2 Å². The summed E-state index contributed by atoms with van der Waals surface area (Å²) in [6.45, 7) is 5.85. The first kappa shape index (κ1) is 20.2. The summed E-state index contributed by atoms with van der Waals surface area (Å²) < 4.78 is 6.82. The first-order valence-electron chi connectivity index (χ1n) is 9.40. The van der Waals surface area contributed by atoms with Crippen LogP contribution in [-0.2, 0) is 17.6 Å². The van der Waals surface area contributed by atoms with Crippen molar-refractivity contribution in [2.75, 3.05) is 7.11 Å². The van der Waals surface area contributed by atoms with Gasteiger partial charge in [-0.25, -0.2) is 4.79 Å². The molecule has 0 amide bonds. The van der Waals surface area contributed by atoms with E-state index in [-0.39, 0.29) is 11.7 Å². The lowest BCUT2D eigenvalue weighted by Crippen LogP contribution is -2.09. The van der Waals surface area contributed by atoms with Gasteiger partial charge in [-0.2, -0.15) is 0 Å². The molecular formula is C23H24ClNO3. The third kappa shape index (κ3) is 3.57. The fourth-order valence-electron chi connectivity index (χ4n) is 3.57. The Morgan fingerprint density at radius 2 is 1.86 bits per heavy atom. The number of carbonyl (C=O) groups excluding carboxylic acids is 2. The molecule has 0 spiro atoms. The van der Waals surface area contributed by atoms with Crippen LogP contribution < -0.4 is 0 Å². The average Bonchev–Trinajstić information content (AvgIpc) is 3.00. The largest absolute Gasteiger partial charge is 0.465 e. The summed E-state index contributed by atoms with van der Waals surface area (Å²) in [6.07, 6.45) is 3.03. The van der Waals surface area contributed by atoms with E-state index >= 15 is 0 Å².